The van der Waals surface area contributed by atoms with Crippen LogP contribution >= 0.6 is 11.6 Å². The van der Waals surface area contributed by atoms with E-state index < -0.39 is 22.5 Å². The Morgan fingerprint density at radius 3 is 2.48 bits per heavy atom. The molecule has 8 nitrogen and oxygen atoms in total. The lowest BCUT2D eigenvalue weighted by Gasteiger charge is -2.16. The molecule has 33 heavy (non-hydrogen) atoms. The van der Waals surface area contributed by atoms with Crippen LogP contribution in [0.4, 0.5) is 0 Å². The number of nitrogens with one attached hydrogen (secondary N) is 1. The number of hydrazone groups is 1. The van der Waals surface area contributed by atoms with Crippen molar-refractivity contribution in [3.8, 4) is 17.2 Å². The van der Waals surface area contributed by atoms with Gasteiger partial charge >= 0.3 is 0 Å². The molecule has 0 aliphatic rings. The van der Waals surface area contributed by atoms with Crippen LogP contribution in [0.3, 0.4) is 0 Å². The predicted octanol–water partition coefficient (Wildman–Crippen LogP) is 3.91. The van der Waals surface area contributed by atoms with Gasteiger partial charge in [-0.15, -0.1) is 0 Å². The number of hydrogen-bond donors (Lipinski definition) is 1. The van der Waals surface area contributed by atoms with Crippen molar-refractivity contribution in [1.29, 1.82) is 0 Å². The number of nitrogens with zero attached hydrogens (tertiary/aromatic N) is 2. The molecule has 0 atom stereocenters. The van der Waals surface area contributed by atoms with Crippen molar-refractivity contribution in [2.45, 2.75) is 4.90 Å². The molecule has 0 aliphatic carbocycles. The molecule has 1 amide bonds. The standard InChI is InChI=1S/C23H22ClN3O5S/c1-27(33(29,30)20-11-12-22(31-2)21(24)14-20)16-23(28)26-25-15-17-7-6-10-19(13-17)32-18-8-4-3-5-9-18/h3-15H,16H2,1-2H3,(H,26,28)/b25-15-. The maximum absolute atomic E-state index is 12.7. The molecule has 172 valence electrons. The van der Waals surface area contributed by atoms with Gasteiger partial charge in [-0.25, -0.2) is 13.8 Å². The first kappa shape index (κ1) is 24.2. The van der Waals surface area contributed by atoms with Gasteiger partial charge < -0.3 is 9.47 Å². The van der Waals surface area contributed by atoms with Crippen molar-refractivity contribution in [2.24, 2.45) is 5.10 Å². The third kappa shape index (κ3) is 6.55. The molecule has 0 bridgehead atoms. The Labute approximate surface area is 197 Å². The van der Waals surface area contributed by atoms with E-state index in [0.29, 0.717) is 22.8 Å². The van der Waals surface area contributed by atoms with E-state index in [2.05, 4.69) is 10.5 Å². The molecule has 0 radical (unpaired) electrons. The molecule has 0 spiro atoms. The summed E-state index contributed by atoms with van der Waals surface area (Å²) in [5.41, 5.74) is 3.01. The number of ether oxygens (including phenoxy) is 2. The number of methoxy groups -OCH3 is 1. The number of halogens is 1. The summed E-state index contributed by atoms with van der Waals surface area (Å²) in [6.07, 6.45) is 1.44. The lowest BCUT2D eigenvalue weighted by Crippen LogP contribution is -2.36. The van der Waals surface area contributed by atoms with Gasteiger partial charge in [0.15, 0.2) is 0 Å². The minimum Gasteiger partial charge on any atom is -0.495 e. The summed E-state index contributed by atoms with van der Waals surface area (Å²) in [6, 6.07) is 20.5. The lowest BCUT2D eigenvalue weighted by molar-refractivity contribution is -0.121. The molecule has 0 aliphatic heterocycles. The molecule has 0 fully saturated rings. The fourth-order valence-electron chi connectivity index (χ4n) is 2.77. The van der Waals surface area contributed by atoms with Crippen LogP contribution in [0.2, 0.25) is 5.02 Å². The molecule has 3 rings (SSSR count). The average molecular weight is 488 g/mol. The van der Waals surface area contributed by atoms with E-state index in [-0.39, 0.29) is 9.92 Å². The van der Waals surface area contributed by atoms with Crippen LogP contribution in [-0.2, 0) is 14.8 Å². The topological polar surface area (TPSA) is 97.3 Å². The van der Waals surface area contributed by atoms with Gasteiger partial charge in [-0.2, -0.15) is 9.41 Å². The number of rotatable bonds is 9. The van der Waals surface area contributed by atoms with Gasteiger partial charge in [0.25, 0.3) is 5.91 Å². The van der Waals surface area contributed by atoms with E-state index in [1.165, 1.54) is 38.6 Å². The zero-order valence-corrected chi connectivity index (χ0v) is 19.5. The Balaban J connectivity index is 1.58. The van der Waals surface area contributed by atoms with Gasteiger partial charge in [-0.3, -0.25) is 4.79 Å². The van der Waals surface area contributed by atoms with Gasteiger partial charge in [0.05, 0.1) is 29.8 Å². The predicted molar refractivity (Wildman–Crippen MR) is 127 cm³/mol. The molecular weight excluding hydrogens is 466 g/mol. The van der Waals surface area contributed by atoms with Gasteiger partial charge in [-0.1, -0.05) is 41.9 Å². The zero-order valence-electron chi connectivity index (χ0n) is 17.9. The van der Waals surface area contributed by atoms with E-state index in [1.54, 1.807) is 24.3 Å². The van der Waals surface area contributed by atoms with Gasteiger partial charge in [0.1, 0.15) is 17.2 Å². The molecular formula is C23H22ClN3O5S. The number of benzene rings is 3. The molecule has 0 unspecified atom stereocenters. The molecule has 1 N–H and O–H groups in total. The Morgan fingerprint density at radius 1 is 1.06 bits per heavy atom. The number of amides is 1. The number of likely N-dealkylation sites (N-methyl/N-ethyl adjacent to an activating group) is 1. The second-order valence-corrected chi connectivity index (χ2v) is 9.29. The van der Waals surface area contributed by atoms with Crippen LogP contribution in [0.1, 0.15) is 5.56 Å². The summed E-state index contributed by atoms with van der Waals surface area (Å²) in [5, 5.41) is 4.05. The SMILES string of the molecule is COc1ccc(S(=O)(=O)N(C)CC(=O)N/N=C\c2cccc(Oc3ccccc3)c2)cc1Cl. The number of hydrogen-bond acceptors (Lipinski definition) is 6. The normalized spacial score (nSPS) is 11.5. The number of sulfonamides is 1. The summed E-state index contributed by atoms with van der Waals surface area (Å²) < 4.78 is 37.1. The third-order valence-electron chi connectivity index (χ3n) is 4.44. The fraction of sp³-hybridized carbons (Fsp3) is 0.130. The van der Waals surface area contributed by atoms with Gasteiger partial charge in [-0.05, 0) is 48.0 Å². The van der Waals surface area contributed by atoms with Gasteiger partial charge in [0, 0.05) is 7.05 Å². The van der Waals surface area contributed by atoms with Crippen LogP contribution in [0.25, 0.3) is 0 Å². The van der Waals surface area contributed by atoms with E-state index in [4.69, 9.17) is 21.1 Å². The van der Waals surface area contributed by atoms with Crippen LogP contribution < -0.4 is 14.9 Å². The number of carbonyl (C=O) groups excluding carboxylic acids is 1. The Kier molecular flexibility index (Phi) is 8.05. The summed E-state index contributed by atoms with van der Waals surface area (Å²) in [7, 11) is -1.21. The maximum atomic E-state index is 12.7. The summed E-state index contributed by atoms with van der Waals surface area (Å²) >= 11 is 6.01. The average Bonchev–Trinajstić information content (AvgIpc) is 2.80. The molecule has 3 aromatic carbocycles. The quantitative estimate of drug-likeness (QED) is 0.364. The molecule has 0 heterocycles. The highest BCUT2D eigenvalue weighted by Gasteiger charge is 2.23. The molecule has 10 heteroatoms. The monoisotopic (exact) mass is 487 g/mol. The Hall–Kier alpha value is -3.40. The van der Waals surface area contributed by atoms with Crippen LogP contribution in [0, 0.1) is 0 Å². The highest BCUT2D eigenvalue weighted by atomic mass is 35.5. The van der Waals surface area contributed by atoms with E-state index >= 15 is 0 Å². The highest BCUT2D eigenvalue weighted by molar-refractivity contribution is 7.89. The second-order valence-electron chi connectivity index (χ2n) is 6.84. The van der Waals surface area contributed by atoms with Crippen molar-refractivity contribution < 1.29 is 22.7 Å². The summed E-state index contributed by atoms with van der Waals surface area (Å²) in [6.45, 7) is -0.430. The summed E-state index contributed by atoms with van der Waals surface area (Å²) in [5.74, 6) is 1.06. The van der Waals surface area contributed by atoms with E-state index in [0.717, 1.165) is 4.31 Å². The zero-order chi connectivity index (χ0) is 23.8. The van der Waals surface area contributed by atoms with E-state index in [1.807, 2.05) is 30.3 Å². The minimum absolute atomic E-state index is 0.0534. The first-order chi connectivity index (χ1) is 15.8. The molecule has 0 saturated carbocycles. The Bertz CT molecular complexity index is 1250. The smallest absolute Gasteiger partial charge is 0.255 e. The first-order valence-electron chi connectivity index (χ1n) is 9.74. The fourth-order valence-corrected chi connectivity index (χ4v) is 4.25. The minimum atomic E-state index is -3.93. The molecule has 0 saturated heterocycles. The summed E-state index contributed by atoms with van der Waals surface area (Å²) in [4.78, 5) is 12.1. The number of para-hydroxylation sites is 1. The van der Waals surface area contributed by atoms with Crippen molar-refractivity contribution in [1.82, 2.24) is 9.73 Å². The maximum Gasteiger partial charge on any atom is 0.255 e. The van der Waals surface area contributed by atoms with Crippen molar-refractivity contribution in [2.75, 3.05) is 20.7 Å². The van der Waals surface area contributed by atoms with Crippen LogP contribution in [-0.4, -0.2) is 45.5 Å². The number of carbonyl (C=O) groups is 1. The molecule has 3 aromatic rings. The Morgan fingerprint density at radius 2 is 1.79 bits per heavy atom. The van der Waals surface area contributed by atoms with E-state index in [9.17, 15) is 13.2 Å². The van der Waals surface area contributed by atoms with Crippen molar-refractivity contribution in [3.63, 3.8) is 0 Å². The van der Waals surface area contributed by atoms with Gasteiger partial charge in [0.2, 0.25) is 10.0 Å². The third-order valence-corrected chi connectivity index (χ3v) is 6.53. The molecule has 0 aromatic heterocycles. The van der Waals surface area contributed by atoms with Crippen LogP contribution in [0.15, 0.2) is 82.8 Å². The highest BCUT2D eigenvalue weighted by Crippen LogP contribution is 2.28. The van der Waals surface area contributed by atoms with Crippen molar-refractivity contribution in [3.05, 3.63) is 83.4 Å². The lowest BCUT2D eigenvalue weighted by atomic mass is 10.2. The largest absolute Gasteiger partial charge is 0.495 e. The van der Waals surface area contributed by atoms with Crippen LogP contribution in [0.5, 0.6) is 17.2 Å². The van der Waals surface area contributed by atoms with Crippen molar-refractivity contribution >= 4 is 33.7 Å². The second kappa shape index (κ2) is 11.0. The first-order valence-corrected chi connectivity index (χ1v) is 11.6.